The number of hydrogen-bond donors (Lipinski definition) is 0. The van der Waals surface area contributed by atoms with E-state index >= 15 is 0 Å². The number of benzene rings is 7. The first-order valence-corrected chi connectivity index (χ1v) is 15.7. The van der Waals surface area contributed by atoms with Gasteiger partial charge in [-0.3, -0.25) is 0 Å². The molecule has 9 rings (SSSR count). The summed E-state index contributed by atoms with van der Waals surface area (Å²) in [6, 6.07) is 60.3. The van der Waals surface area contributed by atoms with Crippen molar-refractivity contribution in [2.45, 2.75) is 6.42 Å². The van der Waals surface area contributed by atoms with Crippen LogP contribution in [0, 0.1) is 0 Å². The highest BCUT2D eigenvalue weighted by atomic mass is 16.3. The van der Waals surface area contributed by atoms with Crippen LogP contribution in [-0.4, -0.2) is 0 Å². The molecule has 0 saturated heterocycles. The van der Waals surface area contributed by atoms with Crippen LogP contribution in [0.3, 0.4) is 0 Å². The summed E-state index contributed by atoms with van der Waals surface area (Å²) in [6.45, 7) is 0. The standard InChI is InChI=1S/C43H30N2O/c1-4-13-32(14-5-1)44(33-15-6-2-7-16-33)36-23-25-42-41(28-36)39-24-22-37(29-43(39)46-42)45(34-17-8-3-9-18-34)35-21-20-31-26-30-12-10-11-19-38(30)40(31)27-35/h1-25,27-29H,26H2. The van der Waals surface area contributed by atoms with Crippen LogP contribution < -0.4 is 9.80 Å². The van der Waals surface area contributed by atoms with Gasteiger partial charge in [0.25, 0.3) is 0 Å². The highest BCUT2D eigenvalue weighted by molar-refractivity contribution is 6.07. The zero-order chi connectivity index (χ0) is 30.5. The fourth-order valence-corrected chi connectivity index (χ4v) is 6.91. The number of fused-ring (bicyclic) bond motifs is 6. The van der Waals surface area contributed by atoms with Crippen LogP contribution in [0.2, 0.25) is 0 Å². The number of nitrogens with zero attached hydrogens (tertiary/aromatic N) is 2. The lowest BCUT2D eigenvalue weighted by Gasteiger charge is -2.26. The molecule has 0 N–H and O–H groups in total. The maximum atomic E-state index is 6.54. The molecule has 0 spiro atoms. The largest absolute Gasteiger partial charge is 0.456 e. The van der Waals surface area contributed by atoms with Crippen LogP contribution in [0.4, 0.5) is 34.1 Å². The van der Waals surface area contributed by atoms with Gasteiger partial charge in [0.05, 0.1) is 0 Å². The molecule has 0 fully saturated rings. The number of rotatable bonds is 6. The molecule has 3 heteroatoms. The van der Waals surface area contributed by atoms with Crippen molar-refractivity contribution in [2.75, 3.05) is 9.80 Å². The van der Waals surface area contributed by atoms with E-state index in [4.69, 9.17) is 4.42 Å². The Kier molecular flexibility index (Phi) is 6.20. The highest BCUT2D eigenvalue weighted by Gasteiger charge is 2.22. The second-order valence-electron chi connectivity index (χ2n) is 11.8. The third-order valence-corrected chi connectivity index (χ3v) is 9.04. The van der Waals surface area contributed by atoms with Gasteiger partial charge in [0.1, 0.15) is 11.2 Å². The van der Waals surface area contributed by atoms with E-state index in [9.17, 15) is 0 Å². The molecular formula is C43H30N2O. The lowest BCUT2D eigenvalue weighted by Crippen LogP contribution is -2.10. The van der Waals surface area contributed by atoms with E-state index in [0.717, 1.165) is 62.5 Å². The van der Waals surface area contributed by atoms with Crippen LogP contribution >= 0.6 is 0 Å². The Morgan fingerprint density at radius 3 is 1.57 bits per heavy atom. The Hall–Kier alpha value is -6.06. The van der Waals surface area contributed by atoms with Crippen molar-refractivity contribution in [3.63, 3.8) is 0 Å². The van der Waals surface area contributed by atoms with Crippen LogP contribution in [0.15, 0.2) is 174 Å². The monoisotopic (exact) mass is 590 g/mol. The summed E-state index contributed by atoms with van der Waals surface area (Å²) in [5, 5.41) is 2.19. The third-order valence-electron chi connectivity index (χ3n) is 9.04. The van der Waals surface area contributed by atoms with Gasteiger partial charge in [0.15, 0.2) is 0 Å². The number of furan rings is 1. The van der Waals surface area contributed by atoms with Crippen LogP contribution in [-0.2, 0) is 6.42 Å². The summed E-state index contributed by atoms with van der Waals surface area (Å²) in [4.78, 5) is 4.61. The van der Waals surface area contributed by atoms with Gasteiger partial charge < -0.3 is 14.2 Å². The van der Waals surface area contributed by atoms with Crippen LogP contribution in [0.1, 0.15) is 11.1 Å². The van der Waals surface area contributed by atoms with Crippen LogP contribution in [0.25, 0.3) is 33.1 Å². The molecular weight excluding hydrogens is 560 g/mol. The minimum absolute atomic E-state index is 0.864. The van der Waals surface area contributed by atoms with Crippen molar-refractivity contribution >= 4 is 56.1 Å². The zero-order valence-electron chi connectivity index (χ0n) is 25.2. The number of para-hydroxylation sites is 3. The fraction of sp³-hybridized carbons (Fsp3) is 0.0233. The van der Waals surface area contributed by atoms with E-state index in [-0.39, 0.29) is 0 Å². The smallest absolute Gasteiger partial charge is 0.137 e. The molecule has 3 nitrogen and oxygen atoms in total. The molecule has 218 valence electrons. The van der Waals surface area contributed by atoms with Gasteiger partial charge in [-0.15, -0.1) is 0 Å². The first-order chi connectivity index (χ1) is 22.8. The normalized spacial score (nSPS) is 11.8. The van der Waals surface area contributed by atoms with Gasteiger partial charge in [-0.25, -0.2) is 0 Å². The summed E-state index contributed by atoms with van der Waals surface area (Å²) in [7, 11) is 0. The first kappa shape index (κ1) is 26.4. The van der Waals surface area contributed by atoms with Gasteiger partial charge in [-0.2, -0.15) is 0 Å². The second kappa shape index (κ2) is 10.8. The predicted octanol–water partition coefficient (Wildman–Crippen LogP) is 12.1. The van der Waals surface area contributed by atoms with E-state index in [0.29, 0.717) is 0 Å². The van der Waals surface area contributed by atoms with Crippen molar-refractivity contribution < 1.29 is 4.42 Å². The summed E-state index contributed by atoms with van der Waals surface area (Å²) in [6.07, 6.45) is 0.982. The Balaban J connectivity index is 1.16. The minimum Gasteiger partial charge on any atom is -0.456 e. The second-order valence-corrected chi connectivity index (χ2v) is 11.8. The lowest BCUT2D eigenvalue weighted by atomic mass is 10.0. The molecule has 46 heavy (non-hydrogen) atoms. The highest BCUT2D eigenvalue weighted by Crippen LogP contribution is 2.44. The molecule has 0 radical (unpaired) electrons. The molecule has 1 aromatic heterocycles. The van der Waals surface area contributed by atoms with E-state index in [2.05, 4.69) is 180 Å². The van der Waals surface area contributed by atoms with Crippen molar-refractivity contribution in [1.29, 1.82) is 0 Å². The summed E-state index contributed by atoms with van der Waals surface area (Å²) < 4.78 is 6.54. The number of hydrogen-bond acceptors (Lipinski definition) is 3. The Morgan fingerprint density at radius 2 is 0.870 bits per heavy atom. The minimum atomic E-state index is 0.864. The molecule has 0 unspecified atom stereocenters. The van der Waals surface area contributed by atoms with E-state index in [1.165, 1.54) is 22.3 Å². The average molecular weight is 591 g/mol. The molecule has 1 aliphatic carbocycles. The lowest BCUT2D eigenvalue weighted by molar-refractivity contribution is 0.669. The molecule has 1 aliphatic rings. The van der Waals surface area contributed by atoms with Crippen molar-refractivity contribution in [2.24, 2.45) is 0 Å². The van der Waals surface area contributed by atoms with Crippen molar-refractivity contribution in [3.05, 3.63) is 181 Å². The van der Waals surface area contributed by atoms with Gasteiger partial charge in [0.2, 0.25) is 0 Å². The van der Waals surface area contributed by atoms with Gasteiger partial charge in [0, 0.05) is 51.0 Å². The Labute approximate surface area is 268 Å². The van der Waals surface area contributed by atoms with Gasteiger partial charge in [-0.1, -0.05) is 84.9 Å². The summed E-state index contributed by atoms with van der Waals surface area (Å²) in [5.41, 5.74) is 13.7. The quantitative estimate of drug-likeness (QED) is 0.192. The van der Waals surface area contributed by atoms with E-state index < -0.39 is 0 Å². The maximum Gasteiger partial charge on any atom is 0.137 e. The summed E-state index contributed by atoms with van der Waals surface area (Å²) >= 11 is 0. The molecule has 0 atom stereocenters. The molecule has 0 saturated carbocycles. The van der Waals surface area contributed by atoms with Gasteiger partial charge in [-0.05, 0) is 108 Å². The predicted molar refractivity (Wildman–Crippen MR) is 191 cm³/mol. The molecule has 0 bridgehead atoms. The van der Waals surface area contributed by atoms with Crippen LogP contribution in [0.5, 0.6) is 0 Å². The van der Waals surface area contributed by atoms with E-state index in [1.54, 1.807) is 0 Å². The fourth-order valence-electron chi connectivity index (χ4n) is 6.91. The Bertz CT molecular complexity index is 2300. The SMILES string of the molecule is c1ccc(N(c2ccc3c(c2)-c2ccccc2C3)c2ccc3c(c2)oc2ccc(N(c4ccccc4)c4ccccc4)cc23)cc1. The molecule has 7 aromatic carbocycles. The average Bonchev–Trinajstić information content (AvgIpc) is 3.67. The maximum absolute atomic E-state index is 6.54. The third kappa shape index (κ3) is 4.44. The summed E-state index contributed by atoms with van der Waals surface area (Å²) in [5.74, 6) is 0. The molecule has 0 amide bonds. The Morgan fingerprint density at radius 1 is 0.348 bits per heavy atom. The molecule has 8 aromatic rings. The molecule has 0 aliphatic heterocycles. The first-order valence-electron chi connectivity index (χ1n) is 15.7. The van der Waals surface area contributed by atoms with Gasteiger partial charge >= 0.3 is 0 Å². The van der Waals surface area contributed by atoms with E-state index in [1.807, 2.05) is 0 Å². The van der Waals surface area contributed by atoms with Crippen molar-refractivity contribution in [3.8, 4) is 11.1 Å². The topological polar surface area (TPSA) is 19.6 Å². The van der Waals surface area contributed by atoms with Crippen molar-refractivity contribution in [1.82, 2.24) is 0 Å². The zero-order valence-corrected chi connectivity index (χ0v) is 25.2. The molecule has 1 heterocycles. The number of anilines is 6.